The highest BCUT2D eigenvalue weighted by Crippen LogP contribution is 2.23. The lowest BCUT2D eigenvalue weighted by Gasteiger charge is -2.26. The maximum absolute atomic E-state index is 13.2. The Morgan fingerprint density at radius 1 is 0.844 bits per heavy atom. The zero-order valence-electron chi connectivity index (χ0n) is 18.1. The van der Waals surface area contributed by atoms with Gasteiger partial charge in [0.25, 0.3) is 5.91 Å². The fourth-order valence-corrected chi connectivity index (χ4v) is 5.92. The second kappa shape index (κ2) is 9.72. The summed E-state index contributed by atoms with van der Waals surface area (Å²) in [7, 11) is -3.58. The molecule has 2 heterocycles. The minimum Gasteiger partial charge on any atom is -0.370 e. The number of rotatable bonds is 4. The number of carbonyl (C=O) groups is 1. The van der Waals surface area contributed by atoms with E-state index in [0.717, 1.165) is 37.9 Å². The van der Waals surface area contributed by atoms with E-state index >= 15 is 0 Å². The van der Waals surface area contributed by atoms with Crippen LogP contribution in [0.5, 0.6) is 0 Å². The van der Waals surface area contributed by atoms with Crippen molar-refractivity contribution in [1.82, 2.24) is 9.21 Å². The molecule has 2 saturated heterocycles. The van der Waals surface area contributed by atoms with Crippen LogP contribution in [0.2, 0.25) is 0 Å². The molecule has 32 heavy (non-hydrogen) atoms. The van der Waals surface area contributed by atoms with Crippen LogP contribution < -0.4 is 4.90 Å². The first-order valence-electron chi connectivity index (χ1n) is 11.1. The predicted octanol–water partition coefficient (Wildman–Crippen LogP) is 3.09. The van der Waals surface area contributed by atoms with E-state index < -0.39 is 10.0 Å². The lowest BCUT2D eigenvalue weighted by molar-refractivity contribution is 0.0766. The van der Waals surface area contributed by atoms with Gasteiger partial charge in [-0.2, -0.15) is 9.57 Å². The van der Waals surface area contributed by atoms with Gasteiger partial charge in [0, 0.05) is 50.5 Å². The standard InChI is InChI=1S/C24H28N4O3S/c25-19-20-8-10-22(11-9-20)26-12-5-13-27(17-16-26)24(29)21-6-4-7-23(18-21)32(30,31)28-14-2-1-3-15-28/h4,6-11,18H,1-3,5,12-17H2. The van der Waals surface area contributed by atoms with Gasteiger partial charge in [0.05, 0.1) is 16.5 Å². The molecule has 2 aliphatic heterocycles. The minimum absolute atomic E-state index is 0.137. The molecule has 0 aromatic heterocycles. The van der Waals surface area contributed by atoms with Gasteiger partial charge in [0.1, 0.15) is 0 Å². The highest BCUT2D eigenvalue weighted by Gasteiger charge is 2.27. The second-order valence-electron chi connectivity index (χ2n) is 8.28. The zero-order chi connectivity index (χ0) is 22.6. The Balaban J connectivity index is 1.46. The van der Waals surface area contributed by atoms with Crippen molar-refractivity contribution in [2.45, 2.75) is 30.6 Å². The molecule has 168 valence electrons. The quantitative estimate of drug-likeness (QED) is 0.712. The smallest absolute Gasteiger partial charge is 0.253 e. The van der Waals surface area contributed by atoms with Crippen molar-refractivity contribution in [2.75, 3.05) is 44.2 Å². The number of benzene rings is 2. The lowest BCUT2D eigenvalue weighted by Crippen LogP contribution is -2.36. The molecule has 0 radical (unpaired) electrons. The van der Waals surface area contributed by atoms with Crippen molar-refractivity contribution < 1.29 is 13.2 Å². The molecule has 7 nitrogen and oxygen atoms in total. The van der Waals surface area contributed by atoms with E-state index in [9.17, 15) is 13.2 Å². The van der Waals surface area contributed by atoms with Crippen LogP contribution in [-0.2, 0) is 10.0 Å². The molecule has 2 fully saturated rings. The molecule has 0 saturated carbocycles. The summed E-state index contributed by atoms with van der Waals surface area (Å²) in [5.41, 5.74) is 2.07. The topological polar surface area (TPSA) is 84.7 Å². The monoisotopic (exact) mass is 452 g/mol. The van der Waals surface area contributed by atoms with Gasteiger partial charge in [-0.15, -0.1) is 0 Å². The molecule has 0 bridgehead atoms. The summed E-state index contributed by atoms with van der Waals surface area (Å²) in [5, 5.41) is 8.98. The molecule has 8 heteroatoms. The van der Waals surface area contributed by atoms with Crippen molar-refractivity contribution in [1.29, 1.82) is 5.26 Å². The van der Waals surface area contributed by atoms with Crippen LogP contribution in [0.4, 0.5) is 5.69 Å². The number of sulfonamides is 1. The summed E-state index contributed by atoms with van der Waals surface area (Å²) in [5.74, 6) is -0.137. The minimum atomic E-state index is -3.58. The van der Waals surface area contributed by atoms with Gasteiger partial charge in [0.2, 0.25) is 10.0 Å². The molecule has 1 amide bonds. The van der Waals surface area contributed by atoms with Crippen molar-refractivity contribution >= 4 is 21.6 Å². The average Bonchev–Trinajstić information content (AvgIpc) is 3.11. The summed E-state index contributed by atoms with van der Waals surface area (Å²) < 4.78 is 27.6. The highest BCUT2D eigenvalue weighted by molar-refractivity contribution is 7.89. The Morgan fingerprint density at radius 3 is 2.31 bits per heavy atom. The summed E-state index contributed by atoms with van der Waals surface area (Å²) in [6.45, 7) is 3.76. The molecule has 0 atom stereocenters. The first kappa shape index (κ1) is 22.3. The number of carbonyl (C=O) groups excluding carboxylic acids is 1. The van der Waals surface area contributed by atoms with Crippen LogP contribution in [0.3, 0.4) is 0 Å². The molecule has 4 rings (SSSR count). The van der Waals surface area contributed by atoms with E-state index in [-0.39, 0.29) is 10.8 Å². The molecule has 0 spiro atoms. The molecule has 2 aromatic rings. The largest absolute Gasteiger partial charge is 0.370 e. The third-order valence-electron chi connectivity index (χ3n) is 6.18. The van der Waals surface area contributed by atoms with Crippen molar-refractivity contribution in [2.24, 2.45) is 0 Å². The summed E-state index contributed by atoms with van der Waals surface area (Å²) in [6.07, 6.45) is 3.62. The lowest BCUT2D eigenvalue weighted by atomic mass is 10.2. The van der Waals surface area contributed by atoms with Crippen LogP contribution in [0, 0.1) is 11.3 Å². The zero-order valence-corrected chi connectivity index (χ0v) is 18.9. The van der Waals surface area contributed by atoms with Gasteiger partial charge in [-0.3, -0.25) is 4.79 Å². The number of nitriles is 1. The number of hydrogen-bond acceptors (Lipinski definition) is 5. The predicted molar refractivity (Wildman–Crippen MR) is 123 cm³/mol. The molecule has 0 N–H and O–H groups in total. The number of amides is 1. The van der Waals surface area contributed by atoms with E-state index in [1.807, 2.05) is 12.1 Å². The Kier molecular flexibility index (Phi) is 6.77. The molecule has 2 aromatic carbocycles. The Morgan fingerprint density at radius 2 is 1.59 bits per heavy atom. The van der Waals surface area contributed by atoms with Crippen LogP contribution in [0.25, 0.3) is 0 Å². The van der Waals surface area contributed by atoms with Gasteiger partial charge >= 0.3 is 0 Å². The number of nitrogens with zero attached hydrogens (tertiary/aromatic N) is 4. The molecular formula is C24H28N4O3S. The van der Waals surface area contributed by atoms with E-state index in [0.29, 0.717) is 43.9 Å². The maximum Gasteiger partial charge on any atom is 0.253 e. The van der Waals surface area contributed by atoms with Crippen LogP contribution >= 0.6 is 0 Å². The van der Waals surface area contributed by atoms with Gasteiger partial charge in [0.15, 0.2) is 0 Å². The Hall–Kier alpha value is -2.89. The van der Waals surface area contributed by atoms with E-state index in [1.54, 1.807) is 35.2 Å². The molecule has 0 unspecified atom stereocenters. The van der Waals surface area contributed by atoms with Gasteiger partial charge in [-0.1, -0.05) is 12.5 Å². The van der Waals surface area contributed by atoms with Crippen molar-refractivity contribution in [3.05, 3.63) is 59.7 Å². The highest BCUT2D eigenvalue weighted by atomic mass is 32.2. The molecule has 2 aliphatic rings. The Labute approximate surface area is 189 Å². The van der Waals surface area contributed by atoms with Gasteiger partial charge in [-0.25, -0.2) is 8.42 Å². The third kappa shape index (κ3) is 4.79. The first-order chi connectivity index (χ1) is 15.5. The van der Waals surface area contributed by atoms with E-state index in [1.165, 1.54) is 10.4 Å². The van der Waals surface area contributed by atoms with Crippen molar-refractivity contribution in [3.63, 3.8) is 0 Å². The number of anilines is 1. The van der Waals surface area contributed by atoms with Crippen LogP contribution in [0.15, 0.2) is 53.4 Å². The summed E-state index contributed by atoms with van der Waals surface area (Å²) >= 11 is 0. The summed E-state index contributed by atoms with van der Waals surface area (Å²) in [4.78, 5) is 17.4. The maximum atomic E-state index is 13.2. The second-order valence-corrected chi connectivity index (χ2v) is 10.2. The SMILES string of the molecule is N#Cc1ccc(N2CCCN(C(=O)c3cccc(S(=O)(=O)N4CCCCC4)c3)CC2)cc1. The Bertz CT molecular complexity index is 1100. The normalized spacial score (nSPS) is 18.1. The fraction of sp³-hybridized carbons (Fsp3) is 0.417. The van der Waals surface area contributed by atoms with Crippen molar-refractivity contribution in [3.8, 4) is 6.07 Å². The molecular weight excluding hydrogens is 424 g/mol. The summed E-state index contributed by atoms with van der Waals surface area (Å²) in [6, 6.07) is 16.1. The van der Waals surface area contributed by atoms with Gasteiger partial charge in [-0.05, 0) is 61.7 Å². The van der Waals surface area contributed by atoms with E-state index in [2.05, 4.69) is 11.0 Å². The van der Waals surface area contributed by atoms with Crippen LogP contribution in [-0.4, -0.2) is 62.8 Å². The average molecular weight is 453 g/mol. The van der Waals surface area contributed by atoms with Crippen LogP contribution in [0.1, 0.15) is 41.6 Å². The third-order valence-corrected chi connectivity index (χ3v) is 8.07. The first-order valence-corrected chi connectivity index (χ1v) is 12.6. The number of hydrogen-bond donors (Lipinski definition) is 0. The molecule has 0 aliphatic carbocycles. The fourth-order valence-electron chi connectivity index (χ4n) is 4.35. The number of piperidine rings is 1. The van der Waals surface area contributed by atoms with Gasteiger partial charge < -0.3 is 9.80 Å². The van der Waals surface area contributed by atoms with E-state index in [4.69, 9.17) is 5.26 Å².